The van der Waals surface area contributed by atoms with E-state index >= 15 is 0 Å². The van der Waals surface area contributed by atoms with E-state index < -0.39 is 0 Å². The Hall–Kier alpha value is -2.59. The van der Waals surface area contributed by atoms with Crippen molar-refractivity contribution >= 4 is 11.0 Å². The molecule has 0 aliphatic heterocycles. The summed E-state index contributed by atoms with van der Waals surface area (Å²) in [4.78, 5) is 21.8. The van der Waals surface area contributed by atoms with Crippen molar-refractivity contribution < 1.29 is 14.2 Å². The van der Waals surface area contributed by atoms with Gasteiger partial charge in [0, 0.05) is 17.5 Å². The van der Waals surface area contributed by atoms with E-state index in [1.165, 1.54) is 6.07 Å². The molecule has 0 spiro atoms. The minimum atomic E-state index is -0.373. The molecule has 3 rings (SSSR count). The number of hydrogen-bond acceptors (Lipinski definition) is 4. The van der Waals surface area contributed by atoms with Crippen LogP contribution in [0.4, 0.5) is 0 Å². The summed E-state index contributed by atoms with van der Waals surface area (Å²) in [5.74, 6) is 0.493. The van der Waals surface area contributed by atoms with Crippen molar-refractivity contribution in [1.82, 2.24) is 0 Å². The van der Waals surface area contributed by atoms with E-state index in [2.05, 4.69) is 0 Å². The zero-order chi connectivity index (χ0) is 14.7. The predicted molar refractivity (Wildman–Crippen MR) is 79.1 cm³/mol. The number of benzene rings is 2. The van der Waals surface area contributed by atoms with Gasteiger partial charge in [0.2, 0.25) is 0 Å². The highest BCUT2D eigenvalue weighted by Gasteiger charge is 2.05. The van der Waals surface area contributed by atoms with Gasteiger partial charge in [-0.1, -0.05) is 30.3 Å². The molecule has 4 heteroatoms. The summed E-state index contributed by atoms with van der Waals surface area (Å²) in [5, 5.41) is 0.880. The Kier molecular flexibility index (Phi) is 3.71. The van der Waals surface area contributed by atoms with E-state index in [1.54, 1.807) is 12.1 Å². The first-order valence-electron chi connectivity index (χ1n) is 6.60. The first-order chi connectivity index (χ1) is 10.2. The lowest BCUT2D eigenvalue weighted by molar-refractivity contribution is -0.217. The van der Waals surface area contributed by atoms with Crippen LogP contribution in [0.15, 0.2) is 63.8 Å². The van der Waals surface area contributed by atoms with Gasteiger partial charge in [-0.25, -0.2) is 4.79 Å². The molecule has 4 nitrogen and oxygen atoms in total. The van der Waals surface area contributed by atoms with Crippen LogP contribution in [0.3, 0.4) is 0 Å². The van der Waals surface area contributed by atoms with Crippen molar-refractivity contribution in [3.63, 3.8) is 0 Å². The molecule has 1 heterocycles. The zero-order valence-electron chi connectivity index (χ0n) is 11.5. The van der Waals surface area contributed by atoms with Crippen molar-refractivity contribution in [2.45, 2.75) is 13.5 Å². The maximum Gasteiger partial charge on any atom is 0.336 e. The third kappa shape index (κ3) is 3.12. The van der Waals surface area contributed by atoms with Gasteiger partial charge in [-0.05, 0) is 30.2 Å². The number of fused-ring (bicyclic) bond motifs is 1. The molecular weight excluding hydrogens is 268 g/mol. The molecular formula is C17H14O4. The zero-order valence-corrected chi connectivity index (χ0v) is 11.5. The van der Waals surface area contributed by atoms with Crippen molar-refractivity contribution in [2.75, 3.05) is 0 Å². The van der Waals surface area contributed by atoms with Crippen LogP contribution in [0.2, 0.25) is 0 Å². The van der Waals surface area contributed by atoms with E-state index in [1.807, 2.05) is 43.3 Å². The van der Waals surface area contributed by atoms with E-state index in [9.17, 15) is 4.79 Å². The monoisotopic (exact) mass is 282 g/mol. The molecule has 0 aliphatic carbocycles. The van der Waals surface area contributed by atoms with Gasteiger partial charge in [0.15, 0.2) is 5.75 Å². The molecule has 0 atom stereocenters. The van der Waals surface area contributed by atoms with Crippen LogP contribution in [0.25, 0.3) is 11.0 Å². The Labute approximate surface area is 121 Å². The Morgan fingerprint density at radius 1 is 1.05 bits per heavy atom. The summed E-state index contributed by atoms with van der Waals surface area (Å²) >= 11 is 0. The smallest absolute Gasteiger partial charge is 0.336 e. The lowest BCUT2D eigenvalue weighted by Crippen LogP contribution is -2.00. The van der Waals surface area contributed by atoms with E-state index in [4.69, 9.17) is 14.2 Å². The average Bonchev–Trinajstić information content (AvgIpc) is 2.48. The van der Waals surface area contributed by atoms with E-state index in [-0.39, 0.29) is 5.63 Å². The summed E-state index contributed by atoms with van der Waals surface area (Å²) in [6.07, 6.45) is 0. The predicted octanol–water partition coefficient (Wildman–Crippen LogP) is 3.61. The van der Waals surface area contributed by atoms with Gasteiger partial charge in [0.1, 0.15) is 12.2 Å². The van der Waals surface area contributed by atoms with Crippen molar-refractivity contribution in [3.05, 3.63) is 76.1 Å². The highest BCUT2D eigenvalue weighted by atomic mass is 17.2. The minimum Gasteiger partial charge on any atom is -0.423 e. The van der Waals surface area contributed by atoms with Crippen molar-refractivity contribution in [3.8, 4) is 5.75 Å². The number of aryl methyl sites for hydroxylation is 1. The van der Waals surface area contributed by atoms with Crippen molar-refractivity contribution in [1.29, 1.82) is 0 Å². The first kappa shape index (κ1) is 13.4. The summed E-state index contributed by atoms with van der Waals surface area (Å²) in [6, 6.07) is 16.5. The Balaban J connectivity index is 1.74. The Morgan fingerprint density at radius 2 is 1.86 bits per heavy atom. The molecule has 1 aromatic heterocycles. The van der Waals surface area contributed by atoms with Gasteiger partial charge < -0.3 is 9.30 Å². The largest absolute Gasteiger partial charge is 0.423 e. The topological polar surface area (TPSA) is 48.7 Å². The van der Waals surface area contributed by atoms with Crippen molar-refractivity contribution in [2.24, 2.45) is 0 Å². The molecule has 106 valence electrons. The highest BCUT2D eigenvalue weighted by Crippen LogP contribution is 2.22. The van der Waals surface area contributed by atoms with Gasteiger partial charge in [-0.3, -0.25) is 0 Å². The quantitative estimate of drug-likeness (QED) is 0.416. The van der Waals surface area contributed by atoms with Gasteiger partial charge >= 0.3 is 5.63 Å². The molecule has 0 saturated carbocycles. The number of rotatable bonds is 4. The molecule has 0 N–H and O–H groups in total. The second-order valence-electron chi connectivity index (χ2n) is 4.74. The second kappa shape index (κ2) is 5.81. The molecule has 0 amide bonds. The fourth-order valence-electron chi connectivity index (χ4n) is 2.10. The summed E-state index contributed by atoms with van der Waals surface area (Å²) < 4.78 is 5.16. The third-order valence-corrected chi connectivity index (χ3v) is 3.15. The van der Waals surface area contributed by atoms with Gasteiger partial charge in [0.25, 0.3) is 0 Å². The third-order valence-electron chi connectivity index (χ3n) is 3.15. The van der Waals surface area contributed by atoms with Crippen LogP contribution in [0, 0.1) is 6.92 Å². The van der Waals surface area contributed by atoms with E-state index in [0.29, 0.717) is 17.9 Å². The van der Waals surface area contributed by atoms with Crippen LogP contribution in [0.1, 0.15) is 11.1 Å². The molecule has 0 saturated heterocycles. The molecule has 0 fully saturated rings. The fraction of sp³-hybridized carbons (Fsp3) is 0.118. The highest BCUT2D eigenvalue weighted by molar-refractivity contribution is 5.81. The van der Waals surface area contributed by atoms with Crippen LogP contribution < -0.4 is 10.5 Å². The van der Waals surface area contributed by atoms with Gasteiger partial charge in [0.05, 0.1) is 0 Å². The average molecular weight is 282 g/mol. The molecule has 0 bridgehead atoms. The van der Waals surface area contributed by atoms with E-state index in [0.717, 1.165) is 16.5 Å². The molecule has 21 heavy (non-hydrogen) atoms. The lowest BCUT2D eigenvalue weighted by atomic mass is 10.1. The summed E-state index contributed by atoms with van der Waals surface area (Å²) in [5.41, 5.74) is 2.00. The van der Waals surface area contributed by atoms with Crippen LogP contribution >= 0.6 is 0 Å². The van der Waals surface area contributed by atoms with Gasteiger partial charge in [-0.2, -0.15) is 4.89 Å². The number of hydrogen-bond donors (Lipinski definition) is 0. The first-order valence-corrected chi connectivity index (χ1v) is 6.60. The standard InChI is InChI=1S/C17H14O4/c1-12-9-17(18)20-16-10-14(7-8-15(12)16)21-19-11-13-5-3-2-4-6-13/h2-10H,11H2,1H3. The van der Waals surface area contributed by atoms with Crippen LogP contribution in [-0.4, -0.2) is 0 Å². The second-order valence-corrected chi connectivity index (χ2v) is 4.74. The lowest BCUT2D eigenvalue weighted by Gasteiger charge is -2.06. The van der Waals surface area contributed by atoms with Crippen LogP contribution in [0.5, 0.6) is 5.75 Å². The fourth-order valence-corrected chi connectivity index (χ4v) is 2.10. The summed E-state index contributed by atoms with van der Waals surface area (Å²) in [6.45, 7) is 2.21. The SMILES string of the molecule is Cc1cc(=O)oc2cc(OOCc3ccccc3)ccc12. The molecule has 0 radical (unpaired) electrons. The summed E-state index contributed by atoms with van der Waals surface area (Å²) in [7, 11) is 0. The Morgan fingerprint density at radius 3 is 2.67 bits per heavy atom. The maximum atomic E-state index is 11.4. The molecule has 0 aliphatic rings. The Bertz CT molecular complexity index is 806. The van der Waals surface area contributed by atoms with Gasteiger partial charge in [-0.15, -0.1) is 0 Å². The molecule has 3 aromatic rings. The van der Waals surface area contributed by atoms with Crippen LogP contribution in [-0.2, 0) is 11.5 Å². The molecule has 2 aromatic carbocycles. The molecule has 0 unspecified atom stereocenters. The normalized spacial score (nSPS) is 10.7. The maximum absolute atomic E-state index is 11.4. The minimum absolute atomic E-state index is 0.344.